The van der Waals surface area contributed by atoms with Crippen molar-refractivity contribution >= 4 is 6.41 Å². The summed E-state index contributed by atoms with van der Waals surface area (Å²) in [6.07, 6.45) is 11.8. The number of carbonyl (C=O) groups excluding carboxylic acids is 1. The molecule has 3 rings (SSSR count). The van der Waals surface area contributed by atoms with Crippen LogP contribution in [0, 0.1) is 17.3 Å². The van der Waals surface area contributed by atoms with Crippen LogP contribution in [-0.2, 0) is 4.79 Å². The molecule has 5 unspecified atom stereocenters. The average molecular weight is 275 g/mol. The molecule has 5 atom stereocenters. The number of likely N-dealkylation sites (tertiary alicyclic amines) is 1. The average Bonchev–Trinajstić information content (AvgIpc) is 2.85. The molecule has 0 N–H and O–H groups in total. The highest BCUT2D eigenvalue weighted by Crippen LogP contribution is 2.53. The largest absolute Gasteiger partial charge is 0.364 e. The van der Waals surface area contributed by atoms with Gasteiger partial charge in [-0.05, 0) is 31.5 Å². The van der Waals surface area contributed by atoms with Crippen LogP contribution in [-0.4, -0.2) is 61.0 Å². The number of hydrogen-bond donors (Lipinski definition) is 0. The highest BCUT2D eigenvalue weighted by Gasteiger charge is 2.57. The molecule has 0 bridgehead atoms. The summed E-state index contributed by atoms with van der Waals surface area (Å²) < 4.78 is 0. The standard InChI is InChI=1S/C16H25N3O/c1-16-7-8-18(3)15(16)19(4)14-6-5-12(9-13(14)16)10-17(2)11-20/h5-8,11-15H,9-10H2,1-4H3. The fraction of sp³-hybridized carbons (Fsp3) is 0.688. The van der Waals surface area contributed by atoms with E-state index >= 15 is 0 Å². The second-order valence-electron chi connectivity index (χ2n) is 6.91. The quantitative estimate of drug-likeness (QED) is 0.575. The Bertz CT molecular complexity index is 461. The Hall–Kier alpha value is -1.29. The van der Waals surface area contributed by atoms with Gasteiger partial charge in [0.15, 0.2) is 0 Å². The number of fused-ring (bicyclic) bond motifs is 3. The number of rotatable bonds is 3. The maximum Gasteiger partial charge on any atom is 0.209 e. The van der Waals surface area contributed by atoms with E-state index in [0.717, 1.165) is 19.4 Å². The Morgan fingerprint density at radius 1 is 1.40 bits per heavy atom. The van der Waals surface area contributed by atoms with E-state index < -0.39 is 0 Å². The molecular weight excluding hydrogens is 250 g/mol. The molecule has 0 aromatic heterocycles. The SMILES string of the molecule is CN(C=O)CC1C=CC2C(C1)C1(C)C=CN(C)C1N2C. The van der Waals surface area contributed by atoms with E-state index in [1.807, 2.05) is 7.05 Å². The Labute approximate surface area is 121 Å². The zero-order valence-corrected chi connectivity index (χ0v) is 12.9. The molecule has 3 aliphatic rings. The van der Waals surface area contributed by atoms with Crippen LogP contribution in [0.3, 0.4) is 0 Å². The molecule has 1 fully saturated rings. The fourth-order valence-corrected chi connectivity index (χ4v) is 4.63. The van der Waals surface area contributed by atoms with Crippen molar-refractivity contribution in [3.63, 3.8) is 0 Å². The van der Waals surface area contributed by atoms with Crippen molar-refractivity contribution in [1.82, 2.24) is 14.7 Å². The van der Waals surface area contributed by atoms with Gasteiger partial charge in [0.2, 0.25) is 6.41 Å². The first kappa shape index (κ1) is 13.7. The van der Waals surface area contributed by atoms with Gasteiger partial charge in [0.1, 0.15) is 0 Å². The molecule has 0 saturated carbocycles. The van der Waals surface area contributed by atoms with Gasteiger partial charge in [-0.2, -0.15) is 0 Å². The van der Waals surface area contributed by atoms with Gasteiger partial charge in [0.25, 0.3) is 0 Å². The van der Waals surface area contributed by atoms with Crippen molar-refractivity contribution in [1.29, 1.82) is 0 Å². The molecule has 1 saturated heterocycles. The molecule has 1 aliphatic carbocycles. The lowest BCUT2D eigenvalue weighted by Crippen LogP contribution is -2.43. The minimum absolute atomic E-state index is 0.219. The smallest absolute Gasteiger partial charge is 0.209 e. The summed E-state index contributed by atoms with van der Waals surface area (Å²) >= 11 is 0. The summed E-state index contributed by atoms with van der Waals surface area (Å²) in [6, 6.07) is 0.523. The van der Waals surface area contributed by atoms with Gasteiger partial charge in [0, 0.05) is 32.1 Å². The van der Waals surface area contributed by atoms with Crippen molar-refractivity contribution in [3.05, 3.63) is 24.4 Å². The van der Waals surface area contributed by atoms with E-state index in [9.17, 15) is 4.79 Å². The molecule has 2 heterocycles. The van der Waals surface area contributed by atoms with Crippen LogP contribution in [0.15, 0.2) is 24.4 Å². The number of likely N-dealkylation sites (N-methyl/N-ethyl adjacent to an activating group) is 1. The molecule has 20 heavy (non-hydrogen) atoms. The van der Waals surface area contributed by atoms with Crippen molar-refractivity contribution in [3.8, 4) is 0 Å². The third-order valence-electron chi connectivity index (χ3n) is 5.52. The summed E-state index contributed by atoms with van der Waals surface area (Å²) in [5.74, 6) is 1.11. The zero-order chi connectivity index (χ0) is 14.5. The van der Waals surface area contributed by atoms with Crippen LogP contribution in [0.4, 0.5) is 0 Å². The third kappa shape index (κ3) is 1.81. The molecule has 4 heteroatoms. The predicted octanol–water partition coefficient (Wildman–Crippen LogP) is 1.37. The van der Waals surface area contributed by atoms with Crippen LogP contribution < -0.4 is 0 Å². The molecule has 0 spiro atoms. The van der Waals surface area contributed by atoms with E-state index in [0.29, 0.717) is 24.0 Å². The van der Waals surface area contributed by atoms with Crippen LogP contribution >= 0.6 is 0 Å². The summed E-state index contributed by atoms with van der Waals surface area (Å²) in [7, 11) is 6.27. The summed E-state index contributed by atoms with van der Waals surface area (Å²) in [5.41, 5.74) is 0.219. The lowest BCUT2D eigenvalue weighted by molar-refractivity contribution is -0.117. The Kier molecular flexibility index (Phi) is 3.16. The van der Waals surface area contributed by atoms with Gasteiger partial charge in [-0.15, -0.1) is 0 Å². The Morgan fingerprint density at radius 2 is 2.15 bits per heavy atom. The molecule has 4 nitrogen and oxygen atoms in total. The number of hydrogen-bond acceptors (Lipinski definition) is 3. The van der Waals surface area contributed by atoms with Gasteiger partial charge in [-0.3, -0.25) is 9.69 Å². The highest BCUT2D eigenvalue weighted by atomic mass is 16.1. The fourth-order valence-electron chi connectivity index (χ4n) is 4.63. The van der Waals surface area contributed by atoms with E-state index in [1.54, 1.807) is 4.90 Å². The van der Waals surface area contributed by atoms with E-state index in [4.69, 9.17) is 0 Å². The summed E-state index contributed by atoms with van der Waals surface area (Å²) in [6.45, 7) is 3.21. The highest BCUT2D eigenvalue weighted by molar-refractivity contribution is 5.46. The summed E-state index contributed by atoms with van der Waals surface area (Å²) in [5, 5.41) is 0. The number of carbonyl (C=O) groups is 1. The van der Waals surface area contributed by atoms with Crippen molar-refractivity contribution in [2.75, 3.05) is 27.7 Å². The molecular formula is C16H25N3O. The second kappa shape index (κ2) is 4.62. The van der Waals surface area contributed by atoms with Crippen molar-refractivity contribution in [2.24, 2.45) is 17.3 Å². The topological polar surface area (TPSA) is 26.8 Å². The van der Waals surface area contributed by atoms with Crippen LogP contribution in [0.2, 0.25) is 0 Å². The predicted molar refractivity (Wildman–Crippen MR) is 79.8 cm³/mol. The molecule has 0 aromatic rings. The monoisotopic (exact) mass is 275 g/mol. The molecule has 1 amide bonds. The van der Waals surface area contributed by atoms with Gasteiger partial charge in [-0.25, -0.2) is 0 Å². The van der Waals surface area contributed by atoms with Crippen LogP contribution in [0.1, 0.15) is 13.3 Å². The first-order chi connectivity index (χ1) is 9.47. The maximum atomic E-state index is 10.8. The third-order valence-corrected chi connectivity index (χ3v) is 5.52. The van der Waals surface area contributed by atoms with Gasteiger partial charge >= 0.3 is 0 Å². The second-order valence-corrected chi connectivity index (χ2v) is 6.91. The lowest BCUT2D eigenvalue weighted by atomic mass is 9.70. The number of nitrogens with zero attached hydrogens (tertiary/aromatic N) is 3. The Morgan fingerprint density at radius 3 is 2.85 bits per heavy atom. The van der Waals surface area contributed by atoms with Gasteiger partial charge < -0.3 is 9.80 Å². The molecule has 2 aliphatic heterocycles. The van der Waals surface area contributed by atoms with E-state index in [1.165, 1.54) is 0 Å². The zero-order valence-electron chi connectivity index (χ0n) is 12.9. The van der Waals surface area contributed by atoms with Crippen LogP contribution in [0.25, 0.3) is 0 Å². The van der Waals surface area contributed by atoms with E-state index in [2.05, 4.69) is 55.2 Å². The maximum absolute atomic E-state index is 10.8. The van der Waals surface area contributed by atoms with Gasteiger partial charge in [-0.1, -0.05) is 25.2 Å². The first-order valence-corrected chi connectivity index (χ1v) is 7.44. The van der Waals surface area contributed by atoms with Gasteiger partial charge in [0.05, 0.1) is 6.17 Å². The van der Waals surface area contributed by atoms with Crippen molar-refractivity contribution in [2.45, 2.75) is 25.6 Å². The molecule has 0 aromatic carbocycles. The Balaban J connectivity index is 1.83. The molecule has 0 radical (unpaired) electrons. The summed E-state index contributed by atoms with van der Waals surface area (Å²) in [4.78, 5) is 17.4. The van der Waals surface area contributed by atoms with Crippen LogP contribution in [0.5, 0.6) is 0 Å². The first-order valence-electron chi connectivity index (χ1n) is 7.44. The minimum atomic E-state index is 0.219. The minimum Gasteiger partial charge on any atom is -0.364 e. The van der Waals surface area contributed by atoms with E-state index in [-0.39, 0.29) is 5.41 Å². The normalized spacial score (nSPS) is 42.7. The number of amides is 1. The lowest BCUT2D eigenvalue weighted by Gasteiger charge is -2.35. The molecule has 110 valence electrons. The van der Waals surface area contributed by atoms with Crippen molar-refractivity contribution < 1.29 is 4.79 Å².